The molecule has 0 aliphatic carbocycles. The summed E-state index contributed by atoms with van der Waals surface area (Å²) in [5.41, 5.74) is 8.58. The molecule has 2 aromatic heterocycles. The summed E-state index contributed by atoms with van der Waals surface area (Å²) in [6.07, 6.45) is 3.29. The predicted molar refractivity (Wildman–Crippen MR) is 99.9 cm³/mol. The van der Waals surface area contributed by atoms with Crippen molar-refractivity contribution in [2.24, 2.45) is 0 Å². The number of halogens is 3. The van der Waals surface area contributed by atoms with E-state index in [1.165, 1.54) is 12.1 Å². The van der Waals surface area contributed by atoms with Crippen LogP contribution in [0.3, 0.4) is 0 Å². The molecule has 0 amide bonds. The first-order valence-electron chi connectivity index (χ1n) is 7.52. The summed E-state index contributed by atoms with van der Waals surface area (Å²) in [4.78, 5) is 8.63. The molecular formula is C18H11Cl2FN4O. The maximum absolute atomic E-state index is 13.8. The molecule has 0 unspecified atom stereocenters. The Labute approximate surface area is 157 Å². The summed E-state index contributed by atoms with van der Waals surface area (Å²) in [5.74, 6) is -0.412. The largest absolute Gasteiger partial charge is 0.505 e. The van der Waals surface area contributed by atoms with Gasteiger partial charge in [0.2, 0.25) is 0 Å². The molecule has 0 atom stereocenters. The standard InChI is InChI=1S/C18H11Cl2FN4O/c19-12-7-10(8-13(20)16(12)26)15-14(9-2-1-3-11(21)6-9)24-17(22)18-23-4-5-25(15)18/h1-8,26H,(H2,22,24). The van der Waals surface area contributed by atoms with Gasteiger partial charge in [-0.25, -0.2) is 14.4 Å². The van der Waals surface area contributed by atoms with Crippen molar-refractivity contribution in [1.82, 2.24) is 14.4 Å². The van der Waals surface area contributed by atoms with Crippen molar-refractivity contribution in [3.8, 4) is 28.3 Å². The maximum Gasteiger partial charge on any atom is 0.180 e. The molecule has 5 nitrogen and oxygen atoms in total. The lowest BCUT2D eigenvalue weighted by Crippen LogP contribution is -2.04. The Kier molecular flexibility index (Phi) is 3.94. The van der Waals surface area contributed by atoms with Gasteiger partial charge in [-0.15, -0.1) is 0 Å². The van der Waals surface area contributed by atoms with Crippen molar-refractivity contribution in [1.29, 1.82) is 0 Å². The Hall–Kier alpha value is -2.83. The third kappa shape index (κ3) is 2.64. The van der Waals surface area contributed by atoms with Gasteiger partial charge in [0.1, 0.15) is 5.82 Å². The molecule has 0 aliphatic rings. The van der Waals surface area contributed by atoms with Crippen LogP contribution in [0.1, 0.15) is 0 Å². The fourth-order valence-electron chi connectivity index (χ4n) is 2.83. The molecule has 26 heavy (non-hydrogen) atoms. The van der Waals surface area contributed by atoms with Crippen LogP contribution in [0.2, 0.25) is 10.0 Å². The first-order valence-corrected chi connectivity index (χ1v) is 8.28. The van der Waals surface area contributed by atoms with Gasteiger partial charge in [0.15, 0.2) is 17.2 Å². The van der Waals surface area contributed by atoms with Crippen LogP contribution in [-0.4, -0.2) is 19.5 Å². The van der Waals surface area contributed by atoms with Crippen LogP contribution in [-0.2, 0) is 0 Å². The Bertz CT molecular complexity index is 1140. The fraction of sp³-hybridized carbons (Fsp3) is 0. The molecule has 4 rings (SSSR count). The lowest BCUT2D eigenvalue weighted by molar-refractivity contribution is 0.476. The summed E-state index contributed by atoms with van der Waals surface area (Å²) in [5, 5.41) is 10.0. The normalized spacial score (nSPS) is 11.2. The van der Waals surface area contributed by atoms with Crippen LogP contribution in [0.15, 0.2) is 48.8 Å². The van der Waals surface area contributed by atoms with Crippen molar-refractivity contribution < 1.29 is 9.50 Å². The highest BCUT2D eigenvalue weighted by Crippen LogP contribution is 2.40. The second-order valence-electron chi connectivity index (χ2n) is 5.61. The third-order valence-electron chi connectivity index (χ3n) is 3.96. The zero-order valence-corrected chi connectivity index (χ0v) is 14.6. The molecule has 0 spiro atoms. The van der Waals surface area contributed by atoms with Crippen molar-refractivity contribution >= 4 is 34.7 Å². The van der Waals surface area contributed by atoms with Crippen LogP contribution in [0.4, 0.5) is 10.2 Å². The molecule has 2 aromatic carbocycles. The highest BCUT2D eigenvalue weighted by Gasteiger charge is 2.19. The maximum atomic E-state index is 13.8. The van der Waals surface area contributed by atoms with Crippen molar-refractivity contribution in [3.63, 3.8) is 0 Å². The molecule has 3 N–H and O–H groups in total. The number of nitrogens with two attached hydrogens (primary N) is 1. The third-order valence-corrected chi connectivity index (χ3v) is 4.53. The van der Waals surface area contributed by atoms with E-state index in [2.05, 4.69) is 9.97 Å². The molecular weight excluding hydrogens is 378 g/mol. The number of hydrogen-bond acceptors (Lipinski definition) is 4. The first-order chi connectivity index (χ1) is 12.5. The SMILES string of the molecule is Nc1nc(-c2cccc(F)c2)c(-c2cc(Cl)c(O)c(Cl)c2)n2ccnc12. The van der Waals surface area contributed by atoms with Gasteiger partial charge in [-0.3, -0.25) is 4.40 Å². The van der Waals surface area contributed by atoms with Gasteiger partial charge >= 0.3 is 0 Å². The Balaban J connectivity index is 2.12. The highest BCUT2D eigenvalue weighted by molar-refractivity contribution is 6.37. The first kappa shape index (κ1) is 16.6. The van der Waals surface area contributed by atoms with Gasteiger partial charge < -0.3 is 10.8 Å². The number of aromatic hydroxyl groups is 1. The van der Waals surface area contributed by atoms with Crippen LogP contribution >= 0.6 is 23.2 Å². The lowest BCUT2D eigenvalue weighted by Gasteiger charge is -2.15. The summed E-state index contributed by atoms with van der Waals surface area (Å²) < 4.78 is 15.5. The number of benzene rings is 2. The number of aromatic nitrogens is 3. The second kappa shape index (κ2) is 6.16. The highest BCUT2D eigenvalue weighted by atomic mass is 35.5. The van der Waals surface area contributed by atoms with E-state index in [4.69, 9.17) is 28.9 Å². The minimum atomic E-state index is -0.402. The number of rotatable bonds is 2. The number of imidazole rings is 1. The topological polar surface area (TPSA) is 76.4 Å². The zero-order chi connectivity index (χ0) is 18.4. The number of nitrogens with zero attached hydrogens (tertiary/aromatic N) is 3. The molecule has 0 fully saturated rings. The molecule has 0 aliphatic heterocycles. The van der Waals surface area contributed by atoms with Crippen molar-refractivity contribution in [2.45, 2.75) is 0 Å². The lowest BCUT2D eigenvalue weighted by atomic mass is 10.0. The summed E-state index contributed by atoms with van der Waals surface area (Å²) in [6.45, 7) is 0. The van der Waals surface area contributed by atoms with Crippen LogP contribution in [0, 0.1) is 5.82 Å². The van der Waals surface area contributed by atoms with Gasteiger partial charge in [0.05, 0.1) is 21.4 Å². The summed E-state index contributed by atoms with van der Waals surface area (Å²) in [6, 6.07) is 9.12. The van der Waals surface area contributed by atoms with E-state index in [9.17, 15) is 9.50 Å². The van der Waals surface area contributed by atoms with E-state index in [1.54, 1.807) is 41.1 Å². The number of phenols is 1. The number of phenolic OH excluding ortho intramolecular Hbond substituents is 1. The van der Waals surface area contributed by atoms with E-state index in [0.717, 1.165) is 0 Å². The van der Waals surface area contributed by atoms with Gasteiger partial charge in [-0.05, 0) is 24.3 Å². The number of fused-ring (bicyclic) bond motifs is 1. The number of hydrogen-bond donors (Lipinski definition) is 2. The fourth-order valence-corrected chi connectivity index (χ4v) is 3.31. The average Bonchev–Trinajstić information content (AvgIpc) is 3.09. The smallest absolute Gasteiger partial charge is 0.180 e. The van der Waals surface area contributed by atoms with Crippen LogP contribution < -0.4 is 5.73 Å². The minimum Gasteiger partial charge on any atom is -0.505 e. The van der Waals surface area contributed by atoms with E-state index >= 15 is 0 Å². The number of nitrogen functional groups attached to an aromatic ring is 1. The molecule has 0 radical (unpaired) electrons. The molecule has 0 saturated heterocycles. The van der Waals surface area contributed by atoms with E-state index < -0.39 is 5.82 Å². The summed E-state index contributed by atoms with van der Waals surface area (Å²) in [7, 11) is 0. The van der Waals surface area contributed by atoms with Crippen LogP contribution in [0.25, 0.3) is 28.2 Å². The predicted octanol–water partition coefficient (Wildman–Crippen LogP) is 4.80. The van der Waals surface area contributed by atoms with E-state index in [1.807, 2.05) is 0 Å². The van der Waals surface area contributed by atoms with E-state index in [0.29, 0.717) is 28.2 Å². The molecule has 0 bridgehead atoms. The van der Waals surface area contributed by atoms with Gasteiger partial charge in [-0.1, -0.05) is 35.3 Å². The quantitative estimate of drug-likeness (QED) is 0.517. The monoisotopic (exact) mass is 388 g/mol. The van der Waals surface area contributed by atoms with Gasteiger partial charge in [0, 0.05) is 23.5 Å². The Morgan fingerprint density at radius 1 is 1.08 bits per heavy atom. The molecule has 0 saturated carbocycles. The minimum absolute atomic E-state index is 0.0859. The van der Waals surface area contributed by atoms with Crippen molar-refractivity contribution in [2.75, 3.05) is 5.73 Å². The molecule has 8 heteroatoms. The molecule has 4 aromatic rings. The van der Waals surface area contributed by atoms with Gasteiger partial charge in [-0.2, -0.15) is 0 Å². The Morgan fingerprint density at radius 3 is 2.50 bits per heavy atom. The van der Waals surface area contributed by atoms with Crippen molar-refractivity contribution in [3.05, 3.63) is 64.7 Å². The Morgan fingerprint density at radius 2 is 1.81 bits per heavy atom. The zero-order valence-electron chi connectivity index (χ0n) is 13.1. The molecule has 2 heterocycles. The van der Waals surface area contributed by atoms with Gasteiger partial charge in [0.25, 0.3) is 0 Å². The van der Waals surface area contributed by atoms with Crippen LogP contribution in [0.5, 0.6) is 5.75 Å². The average molecular weight is 389 g/mol. The molecule has 130 valence electrons. The van der Waals surface area contributed by atoms with E-state index in [-0.39, 0.29) is 21.6 Å². The summed E-state index contributed by atoms with van der Waals surface area (Å²) >= 11 is 12.2. The second-order valence-corrected chi connectivity index (χ2v) is 6.43. The number of anilines is 1.